The summed E-state index contributed by atoms with van der Waals surface area (Å²) in [5.41, 5.74) is 6.46. The molecule has 0 spiro atoms. The molecule has 10 heteroatoms. The van der Waals surface area contributed by atoms with Gasteiger partial charge in [-0.05, 0) is 63.1 Å². The zero-order valence-corrected chi connectivity index (χ0v) is 21.8. The number of halogens is 1. The Bertz CT molecular complexity index is 949. The van der Waals surface area contributed by atoms with Crippen molar-refractivity contribution in [2.45, 2.75) is 89.4 Å². The first kappa shape index (κ1) is 28.6. The molecule has 37 heavy (non-hydrogen) atoms. The van der Waals surface area contributed by atoms with Crippen LogP contribution in [-0.2, 0) is 25.6 Å². The molecule has 4 unspecified atom stereocenters. The Hall–Kier alpha value is -3.01. The van der Waals surface area contributed by atoms with Gasteiger partial charge >= 0.3 is 0 Å². The van der Waals surface area contributed by atoms with Gasteiger partial charge in [0.25, 0.3) is 0 Å². The van der Waals surface area contributed by atoms with Gasteiger partial charge < -0.3 is 26.6 Å². The first-order valence-corrected chi connectivity index (χ1v) is 13.4. The Kier molecular flexibility index (Phi) is 10.4. The average Bonchev–Trinajstić information content (AvgIpc) is 3.38. The van der Waals surface area contributed by atoms with E-state index in [1.165, 1.54) is 12.1 Å². The van der Waals surface area contributed by atoms with E-state index in [9.17, 15) is 23.6 Å². The fraction of sp³-hybridized carbons (Fsp3) is 0.630. The molecule has 1 heterocycles. The molecule has 1 aromatic rings. The van der Waals surface area contributed by atoms with Gasteiger partial charge in [0.2, 0.25) is 23.6 Å². The quantitative estimate of drug-likeness (QED) is 0.372. The van der Waals surface area contributed by atoms with E-state index in [1.807, 2.05) is 0 Å². The van der Waals surface area contributed by atoms with Crippen molar-refractivity contribution in [3.8, 4) is 0 Å². The lowest BCUT2D eigenvalue weighted by atomic mass is 9.83. The van der Waals surface area contributed by atoms with E-state index in [0.717, 1.165) is 32.1 Å². The Morgan fingerprint density at radius 2 is 1.68 bits per heavy atom. The van der Waals surface area contributed by atoms with Crippen LogP contribution in [0.5, 0.6) is 0 Å². The van der Waals surface area contributed by atoms with Crippen LogP contribution < -0.4 is 21.7 Å². The lowest BCUT2D eigenvalue weighted by molar-refractivity contribution is -0.143. The minimum atomic E-state index is -0.873. The second kappa shape index (κ2) is 13.5. The molecule has 0 radical (unpaired) electrons. The molecule has 5 N–H and O–H groups in total. The number of nitrogens with two attached hydrogens (primary N) is 1. The van der Waals surface area contributed by atoms with Gasteiger partial charge in [-0.15, -0.1) is 0 Å². The Morgan fingerprint density at radius 1 is 1.00 bits per heavy atom. The van der Waals surface area contributed by atoms with Crippen molar-refractivity contribution in [2.24, 2.45) is 11.7 Å². The van der Waals surface area contributed by atoms with E-state index >= 15 is 0 Å². The van der Waals surface area contributed by atoms with Crippen LogP contribution in [0.25, 0.3) is 0 Å². The van der Waals surface area contributed by atoms with Crippen molar-refractivity contribution >= 4 is 23.6 Å². The van der Waals surface area contributed by atoms with Gasteiger partial charge in [-0.2, -0.15) is 0 Å². The normalized spacial score (nSPS) is 20.5. The van der Waals surface area contributed by atoms with E-state index in [1.54, 1.807) is 30.9 Å². The topological polar surface area (TPSA) is 134 Å². The highest BCUT2D eigenvalue weighted by atomic mass is 19.1. The second-order valence-electron chi connectivity index (χ2n) is 10.1. The maximum absolute atomic E-state index is 13.7. The first-order valence-electron chi connectivity index (χ1n) is 13.4. The van der Waals surface area contributed by atoms with Gasteiger partial charge in [0.1, 0.15) is 23.9 Å². The zero-order chi connectivity index (χ0) is 26.9. The largest absolute Gasteiger partial charge is 0.355 e. The monoisotopic (exact) mass is 517 g/mol. The number of nitrogens with one attached hydrogen (secondary N) is 3. The van der Waals surface area contributed by atoms with Crippen molar-refractivity contribution in [1.82, 2.24) is 20.9 Å². The van der Waals surface area contributed by atoms with Gasteiger partial charge in [-0.3, -0.25) is 19.2 Å². The van der Waals surface area contributed by atoms with Crippen LogP contribution in [0, 0.1) is 11.7 Å². The highest BCUT2D eigenvalue weighted by molar-refractivity contribution is 5.95. The van der Waals surface area contributed by atoms with E-state index in [2.05, 4.69) is 16.0 Å². The summed E-state index contributed by atoms with van der Waals surface area (Å²) in [6.07, 6.45) is 6.04. The molecule has 204 valence electrons. The average molecular weight is 518 g/mol. The summed E-state index contributed by atoms with van der Waals surface area (Å²) >= 11 is 0. The fourth-order valence-corrected chi connectivity index (χ4v) is 5.25. The van der Waals surface area contributed by atoms with Crippen LogP contribution in [0.3, 0.4) is 0 Å². The summed E-state index contributed by atoms with van der Waals surface area (Å²) < 4.78 is 13.3. The third-order valence-electron chi connectivity index (χ3n) is 7.27. The Morgan fingerprint density at radius 3 is 2.30 bits per heavy atom. The number of benzene rings is 1. The first-order chi connectivity index (χ1) is 17.7. The van der Waals surface area contributed by atoms with Gasteiger partial charge in [-0.1, -0.05) is 31.4 Å². The molecular formula is C27H40FN5O4. The summed E-state index contributed by atoms with van der Waals surface area (Å²) in [6.45, 7) is 4.16. The molecule has 1 aliphatic carbocycles. The van der Waals surface area contributed by atoms with Gasteiger partial charge in [-0.25, -0.2) is 4.39 Å². The minimum absolute atomic E-state index is 0.00480. The molecule has 1 aliphatic heterocycles. The van der Waals surface area contributed by atoms with Crippen LogP contribution >= 0.6 is 0 Å². The standard InChI is InChI=1S/C27H40FN5O4/c1-3-30-25(35)21(16-18-11-13-20(28)14-12-18)31-26(36)22-10-7-15-33(22)27(37)23(32-24(34)17(2)29)19-8-5-4-6-9-19/h11-14,17,19,21-23H,3-10,15-16,29H2,1-2H3,(H,30,35)(H,31,36)(H,32,34). The highest BCUT2D eigenvalue weighted by Gasteiger charge is 2.41. The third kappa shape index (κ3) is 7.74. The molecule has 4 atom stereocenters. The van der Waals surface area contributed by atoms with Crippen LogP contribution in [0.1, 0.15) is 64.4 Å². The number of rotatable bonds is 10. The van der Waals surface area contributed by atoms with Crippen LogP contribution in [0.4, 0.5) is 4.39 Å². The summed E-state index contributed by atoms with van der Waals surface area (Å²) in [5, 5.41) is 8.41. The van der Waals surface area contributed by atoms with Gasteiger partial charge in [0, 0.05) is 19.5 Å². The summed E-state index contributed by atoms with van der Waals surface area (Å²) in [6, 6.07) is 2.69. The predicted octanol–water partition coefficient (Wildman–Crippen LogP) is 1.39. The van der Waals surface area contributed by atoms with E-state index in [0.29, 0.717) is 31.5 Å². The lowest BCUT2D eigenvalue weighted by Gasteiger charge is -2.35. The van der Waals surface area contributed by atoms with Crippen molar-refractivity contribution in [2.75, 3.05) is 13.1 Å². The number of likely N-dealkylation sites (N-methyl/N-ethyl adjacent to an activating group) is 1. The van der Waals surface area contributed by atoms with E-state index in [-0.39, 0.29) is 35.9 Å². The van der Waals surface area contributed by atoms with Gasteiger partial charge in [0.15, 0.2) is 0 Å². The Labute approximate surface area is 218 Å². The Balaban J connectivity index is 1.75. The summed E-state index contributed by atoms with van der Waals surface area (Å²) in [5.74, 6) is -1.81. The molecular weight excluding hydrogens is 477 g/mol. The highest BCUT2D eigenvalue weighted by Crippen LogP contribution is 2.29. The predicted molar refractivity (Wildman–Crippen MR) is 138 cm³/mol. The molecule has 3 rings (SSSR count). The molecule has 0 aromatic heterocycles. The number of likely N-dealkylation sites (tertiary alicyclic amines) is 1. The second-order valence-corrected chi connectivity index (χ2v) is 10.1. The molecule has 4 amide bonds. The van der Waals surface area contributed by atoms with Gasteiger partial charge in [0.05, 0.1) is 6.04 Å². The number of amides is 4. The van der Waals surface area contributed by atoms with Crippen molar-refractivity contribution in [1.29, 1.82) is 0 Å². The maximum Gasteiger partial charge on any atom is 0.246 e. The molecule has 0 bridgehead atoms. The van der Waals surface area contributed by atoms with Crippen LogP contribution in [0.15, 0.2) is 24.3 Å². The van der Waals surface area contributed by atoms with Crippen LogP contribution in [-0.4, -0.2) is 65.8 Å². The number of carbonyl (C=O) groups is 4. The number of hydrogen-bond donors (Lipinski definition) is 4. The molecule has 1 saturated heterocycles. The van der Waals surface area contributed by atoms with Crippen molar-refractivity contribution < 1.29 is 23.6 Å². The summed E-state index contributed by atoms with van der Waals surface area (Å²) in [7, 11) is 0. The minimum Gasteiger partial charge on any atom is -0.355 e. The fourth-order valence-electron chi connectivity index (χ4n) is 5.25. The molecule has 9 nitrogen and oxygen atoms in total. The summed E-state index contributed by atoms with van der Waals surface area (Å²) in [4.78, 5) is 53.9. The molecule has 1 aromatic carbocycles. The van der Waals surface area contributed by atoms with E-state index < -0.39 is 30.1 Å². The maximum atomic E-state index is 13.7. The SMILES string of the molecule is CCNC(=O)C(Cc1ccc(F)cc1)NC(=O)C1CCCN1C(=O)C(NC(=O)C(C)N)C1CCCCC1. The number of hydrogen-bond acceptors (Lipinski definition) is 5. The van der Waals surface area contributed by atoms with Crippen LogP contribution in [0.2, 0.25) is 0 Å². The smallest absolute Gasteiger partial charge is 0.246 e. The van der Waals surface area contributed by atoms with E-state index in [4.69, 9.17) is 5.73 Å². The molecule has 2 aliphatic rings. The number of carbonyl (C=O) groups excluding carboxylic acids is 4. The molecule has 1 saturated carbocycles. The zero-order valence-electron chi connectivity index (χ0n) is 21.8. The van der Waals surface area contributed by atoms with Crippen molar-refractivity contribution in [3.63, 3.8) is 0 Å². The number of nitrogens with zero attached hydrogens (tertiary/aromatic N) is 1. The lowest BCUT2D eigenvalue weighted by Crippen LogP contribution is -2.59. The third-order valence-corrected chi connectivity index (χ3v) is 7.27. The van der Waals surface area contributed by atoms with Crippen molar-refractivity contribution in [3.05, 3.63) is 35.6 Å². The molecule has 2 fully saturated rings.